The normalized spacial score (nSPS) is 10.2. The number of nitrogens with zero attached hydrogens (tertiary/aromatic N) is 1. The van der Waals surface area contributed by atoms with Gasteiger partial charge in [-0.25, -0.2) is 4.79 Å². The third kappa shape index (κ3) is 2.69. The molecule has 1 amide bonds. The van der Waals surface area contributed by atoms with Crippen LogP contribution in [0.2, 0.25) is 0 Å². The van der Waals surface area contributed by atoms with Crippen molar-refractivity contribution in [3.05, 3.63) is 46.8 Å². The molecule has 0 spiro atoms. The summed E-state index contributed by atoms with van der Waals surface area (Å²) in [7, 11) is 1.31. The Hall–Kier alpha value is -2.63. The van der Waals surface area contributed by atoms with Crippen molar-refractivity contribution in [2.75, 3.05) is 12.4 Å². The van der Waals surface area contributed by atoms with Crippen LogP contribution < -0.4 is 5.32 Å². The predicted octanol–water partition coefficient (Wildman–Crippen LogP) is 2.33. The van der Waals surface area contributed by atoms with Crippen molar-refractivity contribution in [1.82, 2.24) is 5.16 Å². The number of hydrogen-bond acceptors (Lipinski definition) is 5. The van der Waals surface area contributed by atoms with E-state index in [1.165, 1.54) is 19.2 Å². The van der Waals surface area contributed by atoms with E-state index in [1.807, 2.05) is 0 Å². The van der Waals surface area contributed by atoms with Crippen LogP contribution in [0.15, 0.2) is 28.8 Å². The summed E-state index contributed by atoms with van der Waals surface area (Å²) in [4.78, 5) is 23.4. The molecule has 0 aliphatic carbocycles. The number of benzene rings is 1. The highest BCUT2D eigenvalue weighted by molar-refractivity contribution is 6.05. The average molecular weight is 274 g/mol. The molecule has 0 saturated heterocycles. The molecule has 0 aliphatic heterocycles. The number of ether oxygens (including phenoxy) is 1. The third-order valence-electron chi connectivity index (χ3n) is 2.84. The van der Waals surface area contributed by atoms with Crippen molar-refractivity contribution < 1.29 is 18.8 Å². The van der Waals surface area contributed by atoms with Crippen molar-refractivity contribution in [3.63, 3.8) is 0 Å². The van der Waals surface area contributed by atoms with E-state index >= 15 is 0 Å². The van der Waals surface area contributed by atoms with Crippen molar-refractivity contribution in [1.29, 1.82) is 0 Å². The summed E-state index contributed by atoms with van der Waals surface area (Å²) in [5.41, 5.74) is 1.99. The predicted molar refractivity (Wildman–Crippen MR) is 71.7 cm³/mol. The minimum absolute atomic E-state index is 0.296. The number of methoxy groups -OCH3 is 1. The molecule has 0 unspecified atom stereocenters. The Morgan fingerprint density at radius 3 is 2.25 bits per heavy atom. The molecule has 1 heterocycles. The topological polar surface area (TPSA) is 81.4 Å². The Bertz CT molecular complexity index is 624. The number of nitrogens with one attached hydrogen (secondary N) is 1. The second kappa shape index (κ2) is 5.56. The molecule has 2 rings (SSSR count). The summed E-state index contributed by atoms with van der Waals surface area (Å²) >= 11 is 0. The molecule has 104 valence electrons. The number of aryl methyl sites for hydroxylation is 2. The molecule has 0 bridgehead atoms. The summed E-state index contributed by atoms with van der Waals surface area (Å²) in [6.07, 6.45) is 0. The summed E-state index contributed by atoms with van der Waals surface area (Å²) in [6, 6.07) is 6.18. The Kier molecular flexibility index (Phi) is 3.84. The highest BCUT2D eigenvalue weighted by Crippen LogP contribution is 2.19. The molecule has 0 fully saturated rings. The van der Waals surface area contributed by atoms with Gasteiger partial charge in [-0.05, 0) is 38.1 Å². The van der Waals surface area contributed by atoms with Crippen molar-refractivity contribution in [2.24, 2.45) is 0 Å². The Balaban J connectivity index is 2.16. The highest BCUT2D eigenvalue weighted by Gasteiger charge is 2.14. The fraction of sp³-hybridized carbons (Fsp3) is 0.214. The van der Waals surface area contributed by atoms with E-state index in [4.69, 9.17) is 4.52 Å². The van der Waals surface area contributed by atoms with E-state index in [1.54, 1.807) is 26.0 Å². The molecule has 0 aliphatic rings. The molecule has 1 N–H and O–H groups in total. The van der Waals surface area contributed by atoms with Gasteiger partial charge in [-0.15, -0.1) is 0 Å². The van der Waals surface area contributed by atoms with Gasteiger partial charge in [0.15, 0.2) is 5.76 Å². The average Bonchev–Trinajstić information content (AvgIpc) is 2.78. The lowest BCUT2D eigenvalue weighted by molar-refractivity contribution is 0.0600. The molecule has 0 atom stereocenters. The van der Waals surface area contributed by atoms with Crippen LogP contribution in [0.4, 0.5) is 5.69 Å². The lowest BCUT2D eigenvalue weighted by Crippen LogP contribution is -2.13. The molecule has 20 heavy (non-hydrogen) atoms. The van der Waals surface area contributed by atoms with Crippen LogP contribution in [0.3, 0.4) is 0 Å². The van der Waals surface area contributed by atoms with Crippen molar-refractivity contribution in [3.8, 4) is 0 Å². The summed E-state index contributed by atoms with van der Waals surface area (Å²) in [5, 5.41) is 6.49. The van der Waals surface area contributed by atoms with E-state index in [0.29, 0.717) is 28.3 Å². The first-order chi connectivity index (χ1) is 9.52. The van der Waals surface area contributed by atoms with Gasteiger partial charge in [-0.2, -0.15) is 0 Å². The maximum absolute atomic E-state index is 12.1. The zero-order valence-electron chi connectivity index (χ0n) is 11.4. The number of carbonyl (C=O) groups excluding carboxylic acids is 2. The van der Waals surface area contributed by atoms with Gasteiger partial charge in [-0.3, -0.25) is 4.79 Å². The van der Waals surface area contributed by atoms with Crippen LogP contribution in [0.25, 0.3) is 0 Å². The standard InChI is InChI=1S/C14H14N2O4/c1-8-12(9(2)20-16-8)15-13(17)10-4-6-11(7-5-10)14(18)19-3/h4-7H,1-3H3,(H,15,17). The molecule has 6 nitrogen and oxygen atoms in total. The fourth-order valence-corrected chi connectivity index (χ4v) is 1.72. The zero-order valence-corrected chi connectivity index (χ0v) is 11.4. The minimum Gasteiger partial charge on any atom is -0.465 e. The van der Waals surface area contributed by atoms with Crippen molar-refractivity contribution in [2.45, 2.75) is 13.8 Å². The molecule has 0 saturated carbocycles. The van der Waals surface area contributed by atoms with E-state index in [-0.39, 0.29) is 5.91 Å². The number of carbonyl (C=O) groups is 2. The van der Waals surface area contributed by atoms with Gasteiger partial charge < -0.3 is 14.6 Å². The second-order valence-electron chi connectivity index (χ2n) is 4.22. The summed E-state index contributed by atoms with van der Waals surface area (Å²) < 4.78 is 9.56. The number of amides is 1. The lowest BCUT2D eigenvalue weighted by atomic mass is 10.1. The zero-order chi connectivity index (χ0) is 14.7. The number of anilines is 1. The third-order valence-corrected chi connectivity index (χ3v) is 2.84. The number of rotatable bonds is 3. The van der Waals surface area contributed by atoms with Crippen LogP contribution in [0, 0.1) is 13.8 Å². The second-order valence-corrected chi connectivity index (χ2v) is 4.22. The van der Waals surface area contributed by atoms with Gasteiger partial charge in [-0.1, -0.05) is 5.16 Å². The van der Waals surface area contributed by atoms with Crippen LogP contribution in [-0.4, -0.2) is 24.1 Å². The van der Waals surface area contributed by atoms with Gasteiger partial charge >= 0.3 is 5.97 Å². The van der Waals surface area contributed by atoms with E-state index in [0.717, 1.165) is 0 Å². The molecule has 0 radical (unpaired) electrons. The van der Waals surface area contributed by atoms with E-state index in [2.05, 4.69) is 15.2 Å². The quantitative estimate of drug-likeness (QED) is 0.869. The van der Waals surface area contributed by atoms with Gasteiger partial charge in [0, 0.05) is 5.56 Å². The number of hydrogen-bond donors (Lipinski definition) is 1. The first-order valence-electron chi connectivity index (χ1n) is 5.95. The van der Waals surface area contributed by atoms with Gasteiger partial charge in [0.05, 0.1) is 12.7 Å². The first kappa shape index (κ1) is 13.8. The van der Waals surface area contributed by atoms with Gasteiger partial charge in [0.1, 0.15) is 11.4 Å². The summed E-state index contributed by atoms with van der Waals surface area (Å²) in [5.74, 6) is -0.194. The molecule has 1 aromatic heterocycles. The minimum atomic E-state index is -0.442. The highest BCUT2D eigenvalue weighted by atomic mass is 16.5. The molecule has 1 aromatic carbocycles. The molecular formula is C14H14N2O4. The molecule has 6 heteroatoms. The van der Waals surface area contributed by atoms with Gasteiger partial charge in [0.25, 0.3) is 5.91 Å². The Morgan fingerprint density at radius 2 is 1.75 bits per heavy atom. The first-order valence-corrected chi connectivity index (χ1v) is 5.95. The van der Waals surface area contributed by atoms with Crippen molar-refractivity contribution >= 4 is 17.6 Å². The maximum Gasteiger partial charge on any atom is 0.337 e. The smallest absolute Gasteiger partial charge is 0.337 e. The number of aromatic nitrogens is 1. The van der Waals surface area contributed by atoms with E-state index in [9.17, 15) is 9.59 Å². The van der Waals surface area contributed by atoms with Crippen LogP contribution >= 0.6 is 0 Å². The Morgan fingerprint density at radius 1 is 1.15 bits per heavy atom. The van der Waals surface area contributed by atoms with Crippen LogP contribution in [0.1, 0.15) is 32.2 Å². The molecular weight excluding hydrogens is 260 g/mol. The summed E-state index contributed by atoms with van der Waals surface area (Å²) in [6.45, 7) is 3.46. The Labute approximate surface area is 115 Å². The maximum atomic E-state index is 12.1. The fourth-order valence-electron chi connectivity index (χ4n) is 1.72. The van der Waals surface area contributed by atoms with Crippen LogP contribution in [-0.2, 0) is 4.74 Å². The largest absolute Gasteiger partial charge is 0.465 e. The monoisotopic (exact) mass is 274 g/mol. The van der Waals surface area contributed by atoms with Crippen LogP contribution in [0.5, 0.6) is 0 Å². The van der Waals surface area contributed by atoms with E-state index < -0.39 is 5.97 Å². The SMILES string of the molecule is COC(=O)c1ccc(C(=O)Nc2c(C)noc2C)cc1. The lowest BCUT2D eigenvalue weighted by Gasteiger charge is -2.05. The number of esters is 1. The van der Waals surface area contributed by atoms with Gasteiger partial charge in [0.2, 0.25) is 0 Å². The molecule has 2 aromatic rings.